The number of carbonyl (C=O) groups excluding carboxylic acids is 2. The van der Waals surface area contributed by atoms with Gasteiger partial charge in [-0.1, -0.05) is 259 Å². The van der Waals surface area contributed by atoms with Crippen molar-refractivity contribution in [2.24, 2.45) is 0 Å². The summed E-state index contributed by atoms with van der Waals surface area (Å²) in [5, 5.41) is 57.0. The third kappa shape index (κ3) is 44.5. The van der Waals surface area contributed by atoms with E-state index in [2.05, 4.69) is 123 Å². The van der Waals surface area contributed by atoms with Crippen molar-refractivity contribution in [1.29, 1.82) is 0 Å². The number of ether oxygens (including phenoxy) is 3. The van der Waals surface area contributed by atoms with Gasteiger partial charge in [0.1, 0.15) is 24.4 Å². The van der Waals surface area contributed by atoms with Crippen molar-refractivity contribution in [3.63, 3.8) is 0 Å². The maximum absolute atomic E-state index is 13.4. The Hall–Kier alpha value is -3.68. The van der Waals surface area contributed by atoms with Crippen LogP contribution in [0.3, 0.4) is 0 Å². The Bertz CT molecular complexity index is 1730. The zero-order valence-electron chi connectivity index (χ0n) is 51.4. The lowest BCUT2D eigenvalue weighted by molar-refractivity contribution is -0.305. The number of allylic oxidation sites excluding steroid dienone is 17. The van der Waals surface area contributed by atoms with Gasteiger partial charge in [-0.15, -0.1) is 0 Å². The summed E-state index contributed by atoms with van der Waals surface area (Å²) in [6, 6.07) is -1.04. The molecular formula is C70H119NO10. The number of nitrogens with one attached hydrogen (secondary N) is 1. The highest BCUT2D eigenvalue weighted by Gasteiger charge is 2.47. The number of hydrogen-bond donors (Lipinski definition) is 6. The van der Waals surface area contributed by atoms with Crippen LogP contribution in [0, 0.1) is 0 Å². The monoisotopic (exact) mass is 1130 g/mol. The van der Waals surface area contributed by atoms with E-state index >= 15 is 0 Å². The molecule has 1 saturated heterocycles. The van der Waals surface area contributed by atoms with Crippen molar-refractivity contribution in [3.8, 4) is 0 Å². The van der Waals surface area contributed by atoms with Crippen LogP contribution in [0.1, 0.15) is 258 Å². The van der Waals surface area contributed by atoms with E-state index in [4.69, 9.17) is 14.2 Å². The van der Waals surface area contributed by atoms with Gasteiger partial charge in [0.15, 0.2) is 12.4 Å². The van der Waals surface area contributed by atoms with Gasteiger partial charge < -0.3 is 45.1 Å². The molecule has 8 unspecified atom stereocenters. The molecule has 11 nitrogen and oxygen atoms in total. The molecule has 1 aliphatic rings. The molecule has 0 spiro atoms. The van der Waals surface area contributed by atoms with Crippen molar-refractivity contribution < 1.29 is 49.3 Å². The van der Waals surface area contributed by atoms with Crippen molar-refractivity contribution >= 4 is 11.9 Å². The highest BCUT2D eigenvalue weighted by Crippen LogP contribution is 2.26. The lowest BCUT2D eigenvalue weighted by atomic mass is 9.99. The average molecular weight is 1130 g/mol. The molecule has 1 aliphatic heterocycles. The van der Waals surface area contributed by atoms with Crippen LogP contribution in [-0.4, -0.2) is 99.6 Å². The van der Waals surface area contributed by atoms with Gasteiger partial charge in [0, 0.05) is 6.42 Å². The van der Waals surface area contributed by atoms with E-state index in [1.54, 1.807) is 6.08 Å². The number of esters is 1. The molecule has 0 bridgehead atoms. The maximum atomic E-state index is 13.4. The second kappa shape index (κ2) is 56.8. The van der Waals surface area contributed by atoms with Crippen LogP contribution in [0.5, 0.6) is 0 Å². The first-order chi connectivity index (χ1) is 39.7. The van der Waals surface area contributed by atoms with Gasteiger partial charge in [-0.05, 0) is 103 Å². The fraction of sp³-hybridized carbons (Fsp3) is 0.714. The summed E-state index contributed by atoms with van der Waals surface area (Å²) in [5.41, 5.74) is 0. The molecule has 464 valence electrons. The average Bonchev–Trinajstić information content (AvgIpc) is 3.51. The second-order valence-electron chi connectivity index (χ2n) is 22.1. The fourth-order valence-corrected chi connectivity index (χ4v) is 9.53. The van der Waals surface area contributed by atoms with E-state index < -0.39 is 67.4 Å². The van der Waals surface area contributed by atoms with E-state index in [0.717, 1.165) is 148 Å². The fourth-order valence-electron chi connectivity index (χ4n) is 9.53. The van der Waals surface area contributed by atoms with Crippen LogP contribution in [0.4, 0.5) is 0 Å². The van der Waals surface area contributed by atoms with E-state index in [1.807, 2.05) is 6.08 Å². The number of hydrogen-bond acceptors (Lipinski definition) is 10. The van der Waals surface area contributed by atoms with E-state index in [1.165, 1.54) is 64.2 Å². The molecule has 0 saturated carbocycles. The zero-order chi connectivity index (χ0) is 58.9. The Balaban J connectivity index is 2.62. The molecule has 0 aromatic heterocycles. The molecule has 1 rings (SSSR count). The third-order valence-corrected chi connectivity index (χ3v) is 14.7. The summed E-state index contributed by atoms with van der Waals surface area (Å²) in [5.74, 6) is -1.22. The molecule has 0 aliphatic carbocycles. The lowest BCUT2D eigenvalue weighted by Crippen LogP contribution is -2.61. The van der Waals surface area contributed by atoms with Crippen LogP contribution in [0.15, 0.2) is 109 Å². The minimum atomic E-state index is -1.63. The van der Waals surface area contributed by atoms with Crippen LogP contribution >= 0.6 is 0 Å². The number of amides is 1. The Morgan fingerprint density at radius 2 is 0.926 bits per heavy atom. The van der Waals surface area contributed by atoms with Gasteiger partial charge in [0.05, 0.1) is 25.4 Å². The van der Waals surface area contributed by atoms with E-state index in [0.29, 0.717) is 12.8 Å². The smallest absolute Gasteiger partial charge is 0.306 e. The summed E-state index contributed by atoms with van der Waals surface area (Å²) in [6.07, 6.45) is 67.0. The number of unbranched alkanes of at least 4 members (excludes halogenated alkanes) is 25. The Morgan fingerprint density at radius 3 is 1.43 bits per heavy atom. The van der Waals surface area contributed by atoms with Gasteiger partial charge in [0.2, 0.25) is 5.91 Å². The molecule has 6 N–H and O–H groups in total. The van der Waals surface area contributed by atoms with Crippen molar-refractivity contribution in [1.82, 2.24) is 5.32 Å². The van der Waals surface area contributed by atoms with Crippen molar-refractivity contribution in [3.05, 3.63) is 109 Å². The Morgan fingerprint density at radius 1 is 0.506 bits per heavy atom. The molecule has 11 heteroatoms. The minimum absolute atomic E-state index is 0.105. The van der Waals surface area contributed by atoms with Crippen molar-refractivity contribution in [2.45, 2.75) is 307 Å². The number of aliphatic hydroxyl groups is 5. The summed E-state index contributed by atoms with van der Waals surface area (Å²) < 4.78 is 17.6. The maximum Gasteiger partial charge on any atom is 0.306 e. The molecular weight excluding hydrogens is 1010 g/mol. The SMILES string of the molecule is CC/C=C\C/C=C\C/C=C\C/C=C\C/C=C\C/C=C\CCCCCCCCCC(O)C(=O)NC(COC1OC(CO)C(O)C(O)C1OC(=O)CCCCCCCC/C=C/C=C/CCCCC)C(O)/C=C/CCCCCCCCCCC. The number of carbonyl (C=O) groups is 2. The highest BCUT2D eigenvalue weighted by atomic mass is 16.7. The first-order valence-corrected chi connectivity index (χ1v) is 32.7. The normalized spacial score (nSPS) is 19.4. The van der Waals surface area contributed by atoms with E-state index in [9.17, 15) is 35.1 Å². The first-order valence-electron chi connectivity index (χ1n) is 32.7. The van der Waals surface area contributed by atoms with Crippen LogP contribution < -0.4 is 5.32 Å². The first kappa shape index (κ1) is 75.3. The van der Waals surface area contributed by atoms with E-state index in [-0.39, 0.29) is 19.4 Å². The molecule has 0 aromatic rings. The molecule has 8 atom stereocenters. The number of rotatable bonds is 54. The summed E-state index contributed by atoms with van der Waals surface area (Å²) in [6.45, 7) is 5.62. The van der Waals surface area contributed by atoms with Crippen LogP contribution in [0.25, 0.3) is 0 Å². The van der Waals surface area contributed by atoms with Crippen LogP contribution in [0.2, 0.25) is 0 Å². The van der Waals surface area contributed by atoms with Crippen LogP contribution in [-0.2, 0) is 23.8 Å². The lowest BCUT2D eigenvalue weighted by Gasteiger charge is -2.41. The van der Waals surface area contributed by atoms with Gasteiger partial charge in [-0.25, -0.2) is 0 Å². The second-order valence-corrected chi connectivity index (χ2v) is 22.1. The third-order valence-electron chi connectivity index (χ3n) is 14.7. The molecule has 0 radical (unpaired) electrons. The molecule has 1 heterocycles. The molecule has 0 aromatic carbocycles. The quantitative estimate of drug-likeness (QED) is 0.0149. The topological polar surface area (TPSA) is 175 Å². The summed E-state index contributed by atoms with van der Waals surface area (Å²) in [7, 11) is 0. The summed E-state index contributed by atoms with van der Waals surface area (Å²) in [4.78, 5) is 26.6. The van der Waals surface area contributed by atoms with Crippen molar-refractivity contribution in [2.75, 3.05) is 13.2 Å². The standard InChI is InChI=1S/C70H119NO10/c1-4-7-10-13-16-19-22-24-26-27-28-29-30-31-32-33-34-35-36-38-39-42-45-48-51-54-57-63(74)69(78)71-61(62(73)56-53-50-47-44-41-21-18-15-12-9-6-3)60-79-70-68(67(77)66(76)64(59-72)80-70)81-65(75)58-55-52-49-46-43-40-37-25-23-20-17-14-11-8-5-2/h7,10,16-17,19-20,23-26,28-29,31-32,34-35,53,56,61-64,66-68,70,72-74,76-77H,4-6,8-9,11-15,18,21-22,27,30,33,36-52,54-55,57-60H2,1-3H3,(H,71,78)/b10-7-,19-16-,20-17+,25-23+,26-24-,29-28-,32-31-,35-34-,56-53+. The largest absolute Gasteiger partial charge is 0.454 e. The molecule has 81 heavy (non-hydrogen) atoms. The summed E-state index contributed by atoms with van der Waals surface area (Å²) >= 11 is 0. The minimum Gasteiger partial charge on any atom is -0.454 e. The Labute approximate surface area is 494 Å². The zero-order valence-corrected chi connectivity index (χ0v) is 51.4. The predicted octanol–water partition coefficient (Wildman–Crippen LogP) is 16.1. The van der Waals surface area contributed by atoms with Gasteiger partial charge in [-0.3, -0.25) is 9.59 Å². The predicted molar refractivity (Wildman–Crippen MR) is 338 cm³/mol. The van der Waals surface area contributed by atoms with Gasteiger partial charge >= 0.3 is 5.97 Å². The Kier molecular flexibility index (Phi) is 52.8. The highest BCUT2D eigenvalue weighted by molar-refractivity contribution is 5.80. The molecule has 1 fully saturated rings. The van der Waals surface area contributed by atoms with Gasteiger partial charge in [0.25, 0.3) is 0 Å². The molecule has 1 amide bonds. The number of aliphatic hydroxyl groups excluding tert-OH is 5. The van der Waals surface area contributed by atoms with Gasteiger partial charge in [-0.2, -0.15) is 0 Å².